The third-order valence-corrected chi connectivity index (χ3v) is 3.66. The molecule has 2 rings (SSSR count). The van der Waals surface area contributed by atoms with Gasteiger partial charge in [-0.25, -0.2) is 0 Å². The number of para-hydroxylation sites is 1. The SMILES string of the molecule is O=C(Nc1ccccc1)C(Cl)C1CCCC1. The van der Waals surface area contributed by atoms with Gasteiger partial charge in [-0.2, -0.15) is 0 Å². The second kappa shape index (κ2) is 5.35. The Morgan fingerprint density at radius 1 is 1.25 bits per heavy atom. The molecule has 1 aliphatic rings. The van der Waals surface area contributed by atoms with Crippen LogP contribution < -0.4 is 5.32 Å². The molecule has 86 valence electrons. The minimum Gasteiger partial charge on any atom is -0.325 e. The molecule has 0 spiro atoms. The quantitative estimate of drug-likeness (QED) is 0.802. The lowest BCUT2D eigenvalue weighted by Gasteiger charge is -2.16. The number of alkyl halides is 1. The van der Waals surface area contributed by atoms with Crippen molar-refractivity contribution in [2.24, 2.45) is 5.92 Å². The summed E-state index contributed by atoms with van der Waals surface area (Å²) in [4.78, 5) is 11.9. The summed E-state index contributed by atoms with van der Waals surface area (Å²) >= 11 is 6.18. The summed E-state index contributed by atoms with van der Waals surface area (Å²) in [6.07, 6.45) is 4.56. The molecule has 16 heavy (non-hydrogen) atoms. The van der Waals surface area contributed by atoms with E-state index in [4.69, 9.17) is 11.6 Å². The molecule has 1 atom stereocenters. The second-order valence-electron chi connectivity index (χ2n) is 4.30. The van der Waals surface area contributed by atoms with E-state index in [1.807, 2.05) is 30.3 Å². The van der Waals surface area contributed by atoms with E-state index in [2.05, 4.69) is 5.32 Å². The Kier molecular flexibility index (Phi) is 3.83. The fourth-order valence-corrected chi connectivity index (χ4v) is 2.50. The van der Waals surface area contributed by atoms with Crippen molar-refractivity contribution in [1.29, 1.82) is 0 Å². The van der Waals surface area contributed by atoms with Gasteiger partial charge in [0, 0.05) is 5.69 Å². The zero-order valence-corrected chi connectivity index (χ0v) is 9.91. The predicted octanol–water partition coefficient (Wildman–Crippen LogP) is 3.42. The van der Waals surface area contributed by atoms with Crippen LogP contribution in [0.5, 0.6) is 0 Å². The van der Waals surface area contributed by atoms with Crippen LogP contribution >= 0.6 is 11.6 Å². The molecule has 0 saturated heterocycles. The lowest BCUT2D eigenvalue weighted by molar-refractivity contribution is -0.116. The van der Waals surface area contributed by atoms with E-state index in [-0.39, 0.29) is 11.3 Å². The van der Waals surface area contributed by atoms with Crippen molar-refractivity contribution >= 4 is 23.2 Å². The number of carbonyl (C=O) groups excluding carboxylic acids is 1. The van der Waals surface area contributed by atoms with Crippen LogP contribution in [0.1, 0.15) is 25.7 Å². The highest BCUT2D eigenvalue weighted by atomic mass is 35.5. The number of anilines is 1. The fourth-order valence-electron chi connectivity index (χ4n) is 2.20. The van der Waals surface area contributed by atoms with Crippen LogP contribution in [-0.4, -0.2) is 11.3 Å². The number of benzene rings is 1. The lowest BCUT2D eigenvalue weighted by atomic mass is 10.0. The molecule has 1 aromatic carbocycles. The number of hydrogen-bond acceptors (Lipinski definition) is 1. The van der Waals surface area contributed by atoms with E-state index in [1.165, 1.54) is 12.8 Å². The van der Waals surface area contributed by atoms with Crippen LogP contribution in [0.2, 0.25) is 0 Å². The Hall–Kier alpha value is -1.02. The smallest absolute Gasteiger partial charge is 0.242 e. The Morgan fingerprint density at radius 2 is 1.88 bits per heavy atom. The van der Waals surface area contributed by atoms with Crippen LogP contribution in [0.4, 0.5) is 5.69 Å². The van der Waals surface area contributed by atoms with E-state index >= 15 is 0 Å². The van der Waals surface area contributed by atoms with E-state index in [9.17, 15) is 4.79 Å². The maximum absolute atomic E-state index is 11.9. The number of hydrogen-bond donors (Lipinski definition) is 1. The van der Waals surface area contributed by atoms with Crippen molar-refractivity contribution in [2.75, 3.05) is 5.32 Å². The first kappa shape index (κ1) is 11.5. The van der Waals surface area contributed by atoms with Gasteiger partial charge in [0.1, 0.15) is 5.38 Å². The molecular weight excluding hydrogens is 222 g/mol. The van der Waals surface area contributed by atoms with Crippen molar-refractivity contribution in [3.8, 4) is 0 Å². The Bertz CT molecular complexity index is 346. The van der Waals surface area contributed by atoms with E-state index in [1.54, 1.807) is 0 Å². The molecular formula is C13H16ClNO. The molecule has 0 aromatic heterocycles. The van der Waals surface area contributed by atoms with Crippen molar-refractivity contribution in [1.82, 2.24) is 0 Å². The standard InChI is InChI=1S/C13H16ClNO/c14-12(10-6-4-5-7-10)13(16)15-11-8-2-1-3-9-11/h1-3,8-10,12H,4-7H2,(H,15,16). The summed E-state index contributed by atoms with van der Waals surface area (Å²) in [5.41, 5.74) is 0.816. The summed E-state index contributed by atoms with van der Waals surface area (Å²) in [6.45, 7) is 0. The molecule has 0 bridgehead atoms. The molecule has 1 unspecified atom stereocenters. The van der Waals surface area contributed by atoms with Gasteiger partial charge in [0.05, 0.1) is 0 Å². The van der Waals surface area contributed by atoms with Gasteiger partial charge in [-0.1, -0.05) is 31.0 Å². The van der Waals surface area contributed by atoms with Gasteiger partial charge in [-0.05, 0) is 30.9 Å². The van der Waals surface area contributed by atoms with E-state index < -0.39 is 0 Å². The first-order valence-corrected chi connectivity index (χ1v) is 6.21. The van der Waals surface area contributed by atoms with Crippen LogP contribution in [0.15, 0.2) is 30.3 Å². The minimum atomic E-state index is -0.386. The molecule has 3 heteroatoms. The monoisotopic (exact) mass is 237 g/mol. The molecule has 1 N–H and O–H groups in total. The average molecular weight is 238 g/mol. The molecule has 2 nitrogen and oxygen atoms in total. The van der Waals surface area contributed by atoms with Gasteiger partial charge in [-0.3, -0.25) is 4.79 Å². The molecule has 1 saturated carbocycles. The topological polar surface area (TPSA) is 29.1 Å². The third kappa shape index (κ3) is 2.76. The zero-order valence-electron chi connectivity index (χ0n) is 9.16. The Balaban J connectivity index is 1.92. The number of rotatable bonds is 3. The number of nitrogens with one attached hydrogen (secondary N) is 1. The first-order valence-electron chi connectivity index (χ1n) is 5.77. The first-order chi connectivity index (χ1) is 7.77. The maximum Gasteiger partial charge on any atom is 0.242 e. The number of halogens is 1. The minimum absolute atomic E-state index is 0.0697. The molecule has 1 aromatic rings. The lowest BCUT2D eigenvalue weighted by Crippen LogP contribution is -2.28. The largest absolute Gasteiger partial charge is 0.325 e. The van der Waals surface area contributed by atoms with Crippen molar-refractivity contribution in [3.63, 3.8) is 0 Å². The van der Waals surface area contributed by atoms with Gasteiger partial charge < -0.3 is 5.32 Å². The number of carbonyl (C=O) groups is 1. The third-order valence-electron chi connectivity index (χ3n) is 3.11. The molecule has 1 aliphatic carbocycles. The summed E-state index contributed by atoms with van der Waals surface area (Å²) in [6, 6.07) is 9.46. The van der Waals surface area contributed by atoms with Crippen molar-refractivity contribution < 1.29 is 4.79 Å². The van der Waals surface area contributed by atoms with Gasteiger partial charge in [0.15, 0.2) is 0 Å². The Morgan fingerprint density at radius 3 is 2.50 bits per heavy atom. The average Bonchev–Trinajstić information content (AvgIpc) is 2.83. The molecule has 1 fully saturated rings. The van der Waals surface area contributed by atoms with E-state index in [0.717, 1.165) is 18.5 Å². The van der Waals surface area contributed by atoms with Gasteiger partial charge in [-0.15, -0.1) is 11.6 Å². The predicted molar refractivity (Wildman–Crippen MR) is 66.7 cm³/mol. The Labute approximate surface area is 101 Å². The molecule has 0 heterocycles. The molecule has 0 aliphatic heterocycles. The van der Waals surface area contributed by atoms with Crippen LogP contribution in [-0.2, 0) is 4.79 Å². The summed E-state index contributed by atoms with van der Waals surface area (Å²) in [7, 11) is 0. The van der Waals surface area contributed by atoms with Crippen LogP contribution in [0.3, 0.4) is 0 Å². The van der Waals surface area contributed by atoms with Gasteiger partial charge >= 0.3 is 0 Å². The summed E-state index contributed by atoms with van der Waals surface area (Å²) in [5.74, 6) is 0.283. The maximum atomic E-state index is 11.9. The zero-order chi connectivity index (χ0) is 11.4. The highest BCUT2D eigenvalue weighted by Crippen LogP contribution is 2.31. The van der Waals surface area contributed by atoms with Crippen molar-refractivity contribution in [2.45, 2.75) is 31.1 Å². The van der Waals surface area contributed by atoms with Gasteiger partial charge in [0.2, 0.25) is 5.91 Å². The fraction of sp³-hybridized carbons (Fsp3) is 0.462. The summed E-state index contributed by atoms with van der Waals surface area (Å²) in [5, 5.41) is 2.46. The second-order valence-corrected chi connectivity index (χ2v) is 4.77. The van der Waals surface area contributed by atoms with Crippen molar-refractivity contribution in [3.05, 3.63) is 30.3 Å². The van der Waals surface area contributed by atoms with Gasteiger partial charge in [0.25, 0.3) is 0 Å². The van der Waals surface area contributed by atoms with E-state index in [0.29, 0.717) is 5.92 Å². The summed E-state index contributed by atoms with van der Waals surface area (Å²) < 4.78 is 0. The molecule has 0 radical (unpaired) electrons. The highest BCUT2D eigenvalue weighted by Gasteiger charge is 2.28. The normalized spacial score (nSPS) is 18.3. The van der Waals surface area contributed by atoms with Crippen LogP contribution in [0.25, 0.3) is 0 Å². The molecule has 1 amide bonds. The van der Waals surface area contributed by atoms with Crippen LogP contribution in [0, 0.1) is 5.92 Å². The highest BCUT2D eigenvalue weighted by molar-refractivity contribution is 6.32. The number of amides is 1.